The number of hydrogen-bond donors (Lipinski definition) is 0. The van der Waals surface area contributed by atoms with Gasteiger partial charge >= 0.3 is 0 Å². The first kappa shape index (κ1) is 18.2. The van der Waals surface area contributed by atoms with Crippen LogP contribution in [0.2, 0.25) is 0 Å². The van der Waals surface area contributed by atoms with E-state index in [1.54, 1.807) is 6.07 Å². The van der Waals surface area contributed by atoms with E-state index in [2.05, 4.69) is 4.99 Å². The maximum atomic E-state index is 12.6. The predicted molar refractivity (Wildman–Crippen MR) is 92.4 cm³/mol. The van der Waals surface area contributed by atoms with E-state index in [9.17, 15) is 8.42 Å². The third kappa shape index (κ3) is 4.43. The van der Waals surface area contributed by atoms with Crippen LogP contribution in [0.3, 0.4) is 0 Å². The van der Waals surface area contributed by atoms with Crippen molar-refractivity contribution in [1.82, 2.24) is 14.1 Å². The molecule has 0 bridgehead atoms. The maximum absolute atomic E-state index is 12.6. The molecule has 0 aromatic carbocycles. The zero-order chi connectivity index (χ0) is 17.0. The Morgan fingerprint density at radius 3 is 2.39 bits per heavy atom. The first-order chi connectivity index (χ1) is 10.8. The average molecular weight is 361 g/mol. The Morgan fingerprint density at radius 2 is 1.83 bits per heavy atom. The van der Waals surface area contributed by atoms with Crippen LogP contribution in [0.5, 0.6) is 0 Å². The minimum Gasteiger partial charge on any atom is -0.379 e. The van der Waals surface area contributed by atoms with Crippen LogP contribution >= 0.6 is 11.3 Å². The number of thiophene rings is 1. The highest BCUT2D eigenvalue weighted by Crippen LogP contribution is 2.26. The number of sulfonamides is 1. The summed E-state index contributed by atoms with van der Waals surface area (Å²) in [5.74, 6) is 0.844. The normalized spacial score (nSPS) is 16.2. The fraction of sp³-hybridized carbons (Fsp3) is 0.643. The number of nitrogens with zero attached hydrogens (tertiary/aromatic N) is 4. The molecule has 2 rings (SSSR count). The van der Waals surface area contributed by atoms with E-state index in [4.69, 9.17) is 4.74 Å². The van der Waals surface area contributed by atoms with Gasteiger partial charge in [0.05, 0.1) is 19.8 Å². The first-order valence-corrected chi connectivity index (χ1v) is 9.63. The van der Waals surface area contributed by atoms with Gasteiger partial charge in [-0.05, 0) is 12.1 Å². The van der Waals surface area contributed by atoms with Crippen molar-refractivity contribution < 1.29 is 13.2 Å². The van der Waals surface area contributed by atoms with Crippen molar-refractivity contribution in [3.05, 3.63) is 17.0 Å². The minimum atomic E-state index is -3.41. The molecule has 0 amide bonds. The maximum Gasteiger partial charge on any atom is 0.252 e. The molecular weight excluding hydrogens is 336 g/mol. The minimum absolute atomic E-state index is 0.376. The SMILES string of the molecule is CN(C)C(=NCc1ccc(S(=O)(=O)N2CCOCC2)s1)N(C)C. The molecule has 1 saturated heterocycles. The van der Waals surface area contributed by atoms with E-state index in [1.807, 2.05) is 44.1 Å². The fourth-order valence-corrected chi connectivity index (χ4v) is 5.17. The molecule has 1 aromatic heterocycles. The van der Waals surface area contributed by atoms with Gasteiger partial charge in [0.1, 0.15) is 4.21 Å². The summed E-state index contributed by atoms with van der Waals surface area (Å²) >= 11 is 1.28. The van der Waals surface area contributed by atoms with Crippen LogP contribution in [-0.2, 0) is 21.3 Å². The zero-order valence-corrected chi connectivity index (χ0v) is 15.7. The number of aliphatic imine (C=N–C) groups is 1. The number of ether oxygens (including phenoxy) is 1. The van der Waals surface area contributed by atoms with Gasteiger partial charge in [-0.25, -0.2) is 13.4 Å². The third-order valence-corrected chi connectivity index (χ3v) is 6.81. The lowest BCUT2D eigenvalue weighted by Crippen LogP contribution is -2.40. The lowest BCUT2D eigenvalue weighted by Gasteiger charge is -2.25. The van der Waals surface area contributed by atoms with Crippen LogP contribution < -0.4 is 0 Å². The molecule has 0 saturated carbocycles. The van der Waals surface area contributed by atoms with E-state index < -0.39 is 10.0 Å². The Hall–Kier alpha value is -1.16. The summed E-state index contributed by atoms with van der Waals surface area (Å²) in [6.07, 6.45) is 0. The van der Waals surface area contributed by atoms with Crippen LogP contribution in [0.15, 0.2) is 21.3 Å². The predicted octanol–water partition coefficient (Wildman–Crippen LogP) is 0.748. The molecular formula is C14H24N4O3S2. The van der Waals surface area contributed by atoms with E-state index >= 15 is 0 Å². The summed E-state index contributed by atoms with van der Waals surface area (Å²) in [4.78, 5) is 9.34. The van der Waals surface area contributed by atoms with Crippen molar-refractivity contribution in [3.8, 4) is 0 Å². The Balaban J connectivity index is 2.12. The number of morpholine rings is 1. The van der Waals surface area contributed by atoms with Crippen molar-refractivity contribution in [2.45, 2.75) is 10.8 Å². The molecule has 2 heterocycles. The van der Waals surface area contributed by atoms with Crippen LogP contribution in [0.25, 0.3) is 0 Å². The van der Waals surface area contributed by atoms with Gasteiger partial charge in [-0.3, -0.25) is 0 Å². The van der Waals surface area contributed by atoms with Crippen molar-refractivity contribution in [3.63, 3.8) is 0 Å². The van der Waals surface area contributed by atoms with Gasteiger partial charge in [0.2, 0.25) is 0 Å². The second-order valence-corrected chi connectivity index (χ2v) is 8.98. The molecule has 0 radical (unpaired) electrons. The van der Waals surface area contributed by atoms with Gasteiger partial charge in [-0.2, -0.15) is 4.31 Å². The highest BCUT2D eigenvalue weighted by molar-refractivity contribution is 7.91. The topological polar surface area (TPSA) is 65.5 Å². The molecule has 0 N–H and O–H groups in total. The molecule has 0 aliphatic carbocycles. The lowest BCUT2D eigenvalue weighted by molar-refractivity contribution is 0.0731. The molecule has 0 atom stereocenters. The van der Waals surface area contributed by atoms with Crippen molar-refractivity contribution in [1.29, 1.82) is 0 Å². The smallest absolute Gasteiger partial charge is 0.252 e. The molecule has 1 aliphatic rings. The number of hydrogen-bond acceptors (Lipinski definition) is 5. The van der Waals surface area contributed by atoms with Gasteiger partial charge in [0.25, 0.3) is 10.0 Å². The molecule has 23 heavy (non-hydrogen) atoms. The Kier molecular flexibility index (Phi) is 6.01. The summed E-state index contributed by atoms with van der Waals surface area (Å²) in [5.41, 5.74) is 0. The standard InChI is InChI=1S/C14H24N4O3S2/c1-16(2)14(17(3)4)15-11-12-5-6-13(22-12)23(19,20)18-7-9-21-10-8-18/h5-6H,7-11H2,1-4H3. The van der Waals surface area contributed by atoms with Gasteiger partial charge in [0.15, 0.2) is 5.96 Å². The third-order valence-electron chi connectivity index (χ3n) is 3.38. The van der Waals surface area contributed by atoms with E-state index in [0.29, 0.717) is 37.1 Å². The molecule has 0 unspecified atom stereocenters. The second-order valence-electron chi connectivity index (χ2n) is 5.64. The Morgan fingerprint density at radius 1 is 1.22 bits per heavy atom. The Bertz CT molecular complexity index is 637. The molecule has 1 aromatic rings. The van der Waals surface area contributed by atoms with Crippen molar-refractivity contribution in [2.75, 3.05) is 54.5 Å². The van der Waals surface area contributed by atoms with E-state index in [0.717, 1.165) is 10.8 Å². The molecule has 1 aliphatic heterocycles. The monoisotopic (exact) mass is 360 g/mol. The molecule has 0 spiro atoms. The summed E-state index contributed by atoms with van der Waals surface area (Å²) in [6.45, 7) is 2.21. The van der Waals surface area contributed by atoms with E-state index in [-0.39, 0.29) is 0 Å². The molecule has 9 heteroatoms. The van der Waals surface area contributed by atoms with Crippen LogP contribution in [-0.4, -0.2) is 83.0 Å². The van der Waals surface area contributed by atoms with Crippen LogP contribution in [0.4, 0.5) is 0 Å². The fourth-order valence-electron chi connectivity index (χ4n) is 2.33. The summed E-state index contributed by atoms with van der Waals surface area (Å²) < 4.78 is 32.2. The van der Waals surface area contributed by atoms with Gasteiger partial charge in [-0.1, -0.05) is 0 Å². The van der Waals surface area contributed by atoms with Crippen LogP contribution in [0.1, 0.15) is 4.88 Å². The van der Waals surface area contributed by atoms with Crippen molar-refractivity contribution in [2.24, 2.45) is 4.99 Å². The highest BCUT2D eigenvalue weighted by atomic mass is 32.2. The highest BCUT2D eigenvalue weighted by Gasteiger charge is 2.27. The van der Waals surface area contributed by atoms with Crippen LogP contribution in [0, 0.1) is 0 Å². The van der Waals surface area contributed by atoms with Crippen molar-refractivity contribution >= 4 is 27.3 Å². The lowest BCUT2D eigenvalue weighted by atomic mass is 10.5. The average Bonchev–Trinajstić information content (AvgIpc) is 2.97. The van der Waals surface area contributed by atoms with E-state index in [1.165, 1.54) is 15.6 Å². The summed E-state index contributed by atoms with van der Waals surface area (Å²) in [7, 11) is 4.32. The molecule has 7 nitrogen and oxygen atoms in total. The molecule has 130 valence electrons. The first-order valence-electron chi connectivity index (χ1n) is 7.38. The second kappa shape index (κ2) is 7.61. The van der Waals surface area contributed by atoms with Gasteiger partial charge in [-0.15, -0.1) is 11.3 Å². The zero-order valence-electron chi connectivity index (χ0n) is 14.0. The molecule has 1 fully saturated rings. The van der Waals surface area contributed by atoms with Gasteiger partial charge < -0.3 is 14.5 Å². The Labute approximate surface area is 142 Å². The van der Waals surface area contributed by atoms with Gasteiger partial charge in [0, 0.05) is 46.2 Å². The summed E-state index contributed by atoms with van der Waals surface area (Å²) in [6, 6.07) is 3.51. The number of rotatable bonds is 4. The largest absolute Gasteiger partial charge is 0.379 e. The number of guanidine groups is 1. The quantitative estimate of drug-likeness (QED) is 0.586. The summed E-state index contributed by atoms with van der Waals surface area (Å²) in [5, 5.41) is 0.